The molecule has 1 atom stereocenters. The summed E-state index contributed by atoms with van der Waals surface area (Å²) in [5.74, 6) is 0. The average Bonchev–Trinajstić information content (AvgIpc) is 2.25. The lowest BCUT2D eigenvalue weighted by molar-refractivity contribution is 0.720. The van der Waals surface area contributed by atoms with Gasteiger partial charge in [0.05, 0.1) is 0 Å². The van der Waals surface area contributed by atoms with Crippen LogP contribution in [0.1, 0.15) is 33.9 Å². The number of aryl methyl sites for hydroxylation is 3. The quantitative estimate of drug-likeness (QED) is 0.878. The Morgan fingerprint density at radius 1 is 0.895 bits per heavy atom. The fraction of sp³-hybridized carbons (Fsp3) is 0.294. The first-order chi connectivity index (χ1) is 8.94. The predicted octanol–water partition coefficient (Wildman–Crippen LogP) is 4.62. The van der Waals surface area contributed by atoms with Crippen LogP contribution in [-0.2, 0) is 6.42 Å². The molecule has 2 aromatic carbocycles. The first-order valence-electron chi connectivity index (χ1n) is 6.54. The zero-order valence-corrected chi connectivity index (χ0v) is 13.3. The predicted molar refractivity (Wildman–Crippen MR) is 85.4 cm³/mol. The van der Waals surface area contributed by atoms with Crippen LogP contribution in [0.25, 0.3) is 0 Å². The van der Waals surface area contributed by atoms with E-state index in [-0.39, 0.29) is 6.04 Å². The molecule has 2 rings (SSSR count). The van der Waals surface area contributed by atoms with Crippen molar-refractivity contribution < 1.29 is 0 Å². The van der Waals surface area contributed by atoms with Crippen molar-refractivity contribution in [3.63, 3.8) is 0 Å². The molecule has 0 amide bonds. The second-order valence-electron chi connectivity index (χ2n) is 5.37. The summed E-state index contributed by atoms with van der Waals surface area (Å²) in [7, 11) is 0. The molecule has 0 radical (unpaired) electrons. The number of benzene rings is 2. The van der Waals surface area contributed by atoms with Crippen LogP contribution >= 0.6 is 15.9 Å². The molecule has 1 unspecified atom stereocenters. The third-order valence-electron chi connectivity index (χ3n) is 3.23. The average molecular weight is 318 g/mol. The fourth-order valence-electron chi connectivity index (χ4n) is 2.54. The summed E-state index contributed by atoms with van der Waals surface area (Å²) in [4.78, 5) is 0. The van der Waals surface area contributed by atoms with Crippen molar-refractivity contribution in [2.45, 2.75) is 33.2 Å². The smallest absolute Gasteiger partial charge is 0.0336 e. The highest BCUT2D eigenvalue weighted by Crippen LogP contribution is 2.22. The van der Waals surface area contributed by atoms with Crippen LogP contribution in [0.15, 0.2) is 40.9 Å². The summed E-state index contributed by atoms with van der Waals surface area (Å²) in [6, 6.07) is 13.1. The molecule has 100 valence electrons. The van der Waals surface area contributed by atoms with E-state index >= 15 is 0 Å². The summed E-state index contributed by atoms with van der Waals surface area (Å²) in [5, 5.41) is 0. The third-order valence-corrected chi connectivity index (χ3v) is 3.69. The highest BCUT2D eigenvalue weighted by atomic mass is 79.9. The van der Waals surface area contributed by atoms with Crippen LogP contribution < -0.4 is 5.73 Å². The van der Waals surface area contributed by atoms with Crippen LogP contribution in [0.3, 0.4) is 0 Å². The molecule has 0 heterocycles. The monoisotopic (exact) mass is 317 g/mol. The third kappa shape index (κ3) is 3.92. The number of hydrogen-bond donors (Lipinski definition) is 1. The largest absolute Gasteiger partial charge is 0.324 e. The van der Waals surface area contributed by atoms with Crippen molar-refractivity contribution in [3.8, 4) is 0 Å². The van der Waals surface area contributed by atoms with Gasteiger partial charge in [-0.2, -0.15) is 0 Å². The van der Waals surface area contributed by atoms with Crippen LogP contribution in [-0.4, -0.2) is 0 Å². The Morgan fingerprint density at radius 3 is 2.05 bits per heavy atom. The van der Waals surface area contributed by atoms with Gasteiger partial charge in [0.1, 0.15) is 0 Å². The summed E-state index contributed by atoms with van der Waals surface area (Å²) >= 11 is 3.53. The lowest BCUT2D eigenvalue weighted by Gasteiger charge is -2.14. The van der Waals surface area contributed by atoms with Crippen LogP contribution in [0.2, 0.25) is 0 Å². The van der Waals surface area contributed by atoms with Crippen molar-refractivity contribution in [1.82, 2.24) is 0 Å². The molecule has 0 spiro atoms. The molecule has 0 aliphatic carbocycles. The highest BCUT2D eigenvalue weighted by Gasteiger charge is 2.09. The van der Waals surface area contributed by atoms with Gasteiger partial charge in [0.25, 0.3) is 0 Å². The Morgan fingerprint density at radius 2 is 1.47 bits per heavy atom. The second kappa shape index (κ2) is 5.89. The van der Waals surface area contributed by atoms with Gasteiger partial charge in [0.2, 0.25) is 0 Å². The van der Waals surface area contributed by atoms with Crippen molar-refractivity contribution in [2.75, 3.05) is 0 Å². The van der Waals surface area contributed by atoms with Crippen molar-refractivity contribution in [2.24, 2.45) is 5.73 Å². The molecule has 19 heavy (non-hydrogen) atoms. The number of hydrogen-bond acceptors (Lipinski definition) is 1. The zero-order chi connectivity index (χ0) is 14.0. The first kappa shape index (κ1) is 14.3. The highest BCUT2D eigenvalue weighted by molar-refractivity contribution is 9.10. The standard InChI is InChI=1S/C17H20BrN/c1-11-4-12(2)6-14(5-11)9-17(19)15-7-13(3)8-16(18)10-15/h4-8,10,17H,9,19H2,1-3H3. The van der Waals surface area contributed by atoms with E-state index in [4.69, 9.17) is 5.73 Å². The van der Waals surface area contributed by atoms with E-state index in [1.54, 1.807) is 0 Å². The second-order valence-corrected chi connectivity index (χ2v) is 6.28. The molecule has 0 bridgehead atoms. The number of rotatable bonds is 3. The van der Waals surface area contributed by atoms with E-state index in [2.05, 4.69) is 73.1 Å². The SMILES string of the molecule is Cc1cc(C)cc(CC(N)c2cc(C)cc(Br)c2)c1. The number of halogens is 1. The van der Waals surface area contributed by atoms with Crippen molar-refractivity contribution in [1.29, 1.82) is 0 Å². The summed E-state index contributed by atoms with van der Waals surface area (Å²) in [6.07, 6.45) is 0.873. The van der Waals surface area contributed by atoms with E-state index < -0.39 is 0 Å². The maximum absolute atomic E-state index is 6.34. The van der Waals surface area contributed by atoms with Gasteiger partial charge in [-0.1, -0.05) is 51.3 Å². The van der Waals surface area contributed by atoms with E-state index in [0.717, 1.165) is 10.9 Å². The minimum atomic E-state index is 0.0393. The van der Waals surface area contributed by atoms with Gasteiger partial charge in [-0.15, -0.1) is 0 Å². The topological polar surface area (TPSA) is 26.0 Å². The molecule has 0 aliphatic rings. The Bertz CT molecular complexity index is 549. The minimum Gasteiger partial charge on any atom is -0.324 e. The molecule has 2 N–H and O–H groups in total. The van der Waals surface area contributed by atoms with Crippen molar-refractivity contribution >= 4 is 15.9 Å². The first-order valence-corrected chi connectivity index (χ1v) is 7.33. The molecule has 0 aromatic heterocycles. The molecule has 2 heteroatoms. The minimum absolute atomic E-state index is 0.0393. The lowest BCUT2D eigenvalue weighted by Crippen LogP contribution is -2.13. The molecule has 0 aliphatic heterocycles. The van der Waals surface area contributed by atoms with Gasteiger partial charge in [-0.05, 0) is 56.0 Å². The Kier molecular flexibility index (Phi) is 4.43. The lowest BCUT2D eigenvalue weighted by atomic mass is 9.96. The molecule has 0 saturated carbocycles. The van der Waals surface area contributed by atoms with Gasteiger partial charge in [0, 0.05) is 10.5 Å². The normalized spacial score (nSPS) is 12.5. The van der Waals surface area contributed by atoms with Gasteiger partial charge in [-0.3, -0.25) is 0 Å². The fourth-order valence-corrected chi connectivity index (χ4v) is 3.16. The number of nitrogens with two attached hydrogens (primary N) is 1. The summed E-state index contributed by atoms with van der Waals surface area (Å²) in [5.41, 5.74) is 12.7. The van der Waals surface area contributed by atoms with Gasteiger partial charge < -0.3 is 5.73 Å². The van der Waals surface area contributed by atoms with E-state index in [0.29, 0.717) is 0 Å². The van der Waals surface area contributed by atoms with Gasteiger partial charge in [0.15, 0.2) is 0 Å². The van der Waals surface area contributed by atoms with E-state index in [9.17, 15) is 0 Å². The molecule has 2 aromatic rings. The molecular formula is C17H20BrN. The molecular weight excluding hydrogens is 298 g/mol. The van der Waals surface area contributed by atoms with Gasteiger partial charge in [-0.25, -0.2) is 0 Å². The zero-order valence-electron chi connectivity index (χ0n) is 11.7. The maximum Gasteiger partial charge on any atom is 0.0336 e. The van der Waals surface area contributed by atoms with E-state index in [1.807, 2.05) is 0 Å². The molecule has 0 saturated heterocycles. The Labute approximate surface area is 124 Å². The van der Waals surface area contributed by atoms with Crippen LogP contribution in [0.5, 0.6) is 0 Å². The Hall–Kier alpha value is -1.12. The molecule has 1 nitrogen and oxygen atoms in total. The van der Waals surface area contributed by atoms with Gasteiger partial charge >= 0.3 is 0 Å². The van der Waals surface area contributed by atoms with Crippen molar-refractivity contribution in [3.05, 3.63) is 68.7 Å². The van der Waals surface area contributed by atoms with Crippen LogP contribution in [0, 0.1) is 20.8 Å². The van der Waals surface area contributed by atoms with Crippen LogP contribution in [0.4, 0.5) is 0 Å². The van der Waals surface area contributed by atoms with E-state index in [1.165, 1.54) is 27.8 Å². The summed E-state index contributed by atoms with van der Waals surface area (Å²) in [6.45, 7) is 6.36. The maximum atomic E-state index is 6.34. The molecule has 0 fully saturated rings. The summed E-state index contributed by atoms with van der Waals surface area (Å²) < 4.78 is 1.10. The Balaban J connectivity index is 2.22.